The van der Waals surface area contributed by atoms with E-state index in [0.717, 1.165) is 62.8 Å². The third-order valence-electron chi connectivity index (χ3n) is 8.13. The molecule has 2 unspecified atom stereocenters. The Morgan fingerprint density at radius 3 is 2.77 bits per heavy atom. The zero-order chi connectivity index (χ0) is 24.2. The molecule has 2 aliphatic heterocycles. The molecule has 2 atom stereocenters. The van der Waals surface area contributed by atoms with E-state index in [4.69, 9.17) is 14.2 Å². The van der Waals surface area contributed by atoms with Gasteiger partial charge in [-0.1, -0.05) is 24.3 Å². The molecule has 0 bridgehead atoms. The molecule has 0 spiro atoms. The van der Waals surface area contributed by atoms with Crippen LogP contribution in [-0.4, -0.2) is 62.4 Å². The molecule has 188 valence electrons. The topological polar surface area (TPSA) is 63.8 Å². The lowest BCUT2D eigenvalue weighted by Gasteiger charge is -2.43. The zero-order valence-electron chi connectivity index (χ0n) is 21.1. The summed E-state index contributed by atoms with van der Waals surface area (Å²) in [4.78, 5) is 19.4. The van der Waals surface area contributed by atoms with E-state index in [9.17, 15) is 4.79 Å². The van der Waals surface area contributed by atoms with Gasteiger partial charge >= 0.3 is 0 Å². The van der Waals surface area contributed by atoms with E-state index in [1.54, 1.807) is 14.2 Å². The van der Waals surface area contributed by atoms with Crippen LogP contribution in [0.2, 0.25) is 0 Å². The molecule has 1 aromatic heterocycles. The predicted octanol–water partition coefficient (Wildman–Crippen LogP) is 5.01. The minimum atomic E-state index is 0.0748. The van der Waals surface area contributed by atoms with Crippen LogP contribution >= 0.6 is 0 Å². The van der Waals surface area contributed by atoms with E-state index in [2.05, 4.69) is 46.4 Å². The number of aryl methyl sites for hydroxylation is 1. The number of nitrogens with zero attached hydrogens (tertiary/aromatic N) is 1. The summed E-state index contributed by atoms with van der Waals surface area (Å²) in [5.41, 5.74) is 4.99. The number of rotatable bonds is 7. The lowest BCUT2D eigenvalue weighted by molar-refractivity contribution is -0.141. The number of carbonyl (C=O) groups is 1. The number of likely N-dealkylation sites (tertiary alicyclic amines) is 1. The minimum absolute atomic E-state index is 0.0748. The number of nitrogens with one attached hydrogen (secondary N) is 1. The van der Waals surface area contributed by atoms with Gasteiger partial charge in [0.15, 0.2) is 0 Å². The lowest BCUT2D eigenvalue weighted by atomic mass is 9.79. The number of piperidine rings is 1. The smallest absolute Gasteiger partial charge is 0.226 e. The molecule has 0 radical (unpaired) electrons. The van der Waals surface area contributed by atoms with Crippen LogP contribution < -0.4 is 0 Å². The molecule has 6 heteroatoms. The van der Waals surface area contributed by atoms with E-state index < -0.39 is 0 Å². The van der Waals surface area contributed by atoms with E-state index in [-0.39, 0.29) is 12.0 Å². The van der Waals surface area contributed by atoms with Gasteiger partial charge in [-0.3, -0.25) is 4.79 Å². The van der Waals surface area contributed by atoms with Crippen molar-refractivity contribution in [2.45, 2.75) is 51.0 Å². The van der Waals surface area contributed by atoms with Crippen LogP contribution in [0, 0.1) is 11.8 Å². The molecule has 1 amide bonds. The average Bonchev–Trinajstić information content (AvgIpc) is 3.22. The molecule has 1 N–H and O–H groups in total. The van der Waals surface area contributed by atoms with Crippen LogP contribution in [0.25, 0.3) is 10.9 Å². The van der Waals surface area contributed by atoms with Gasteiger partial charge < -0.3 is 24.1 Å². The maximum absolute atomic E-state index is 13.8. The van der Waals surface area contributed by atoms with Gasteiger partial charge in [-0.25, -0.2) is 0 Å². The monoisotopic (exact) mass is 478 g/mol. The highest BCUT2D eigenvalue weighted by Gasteiger charge is 2.39. The molecule has 35 heavy (non-hydrogen) atoms. The Hall–Kier alpha value is -2.57. The number of ether oxygens (including phenoxy) is 3. The number of aromatic nitrogens is 1. The first-order valence-corrected chi connectivity index (χ1v) is 13.1. The Morgan fingerprint density at radius 2 is 1.97 bits per heavy atom. The highest BCUT2D eigenvalue weighted by Crippen LogP contribution is 2.40. The highest BCUT2D eigenvalue weighted by molar-refractivity contribution is 5.83. The van der Waals surface area contributed by atoms with Crippen molar-refractivity contribution in [3.63, 3.8) is 0 Å². The Morgan fingerprint density at radius 1 is 1.14 bits per heavy atom. The number of allylic oxidation sites excluding steroid dienone is 1. The maximum Gasteiger partial charge on any atom is 0.226 e. The number of para-hydroxylation sites is 1. The van der Waals surface area contributed by atoms with Gasteiger partial charge in [-0.05, 0) is 61.6 Å². The molecule has 2 aromatic rings. The molecule has 0 saturated carbocycles. The van der Waals surface area contributed by atoms with Crippen LogP contribution in [0.1, 0.15) is 44.1 Å². The van der Waals surface area contributed by atoms with Crippen molar-refractivity contribution in [1.29, 1.82) is 0 Å². The third kappa shape index (κ3) is 5.05. The summed E-state index contributed by atoms with van der Waals surface area (Å²) >= 11 is 0. The zero-order valence-corrected chi connectivity index (χ0v) is 21.1. The normalized spacial score (nSPS) is 23.7. The highest BCUT2D eigenvalue weighted by atomic mass is 16.5. The number of aromatic amines is 1. The Kier molecular flexibility index (Phi) is 7.59. The van der Waals surface area contributed by atoms with Gasteiger partial charge in [-0.2, -0.15) is 0 Å². The van der Waals surface area contributed by atoms with Gasteiger partial charge in [0.05, 0.1) is 19.8 Å². The fourth-order valence-electron chi connectivity index (χ4n) is 6.25. The van der Waals surface area contributed by atoms with Crippen molar-refractivity contribution in [2.24, 2.45) is 11.8 Å². The van der Waals surface area contributed by atoms with Crippen LogP contribution in [0.4, 0.5) is 0 Å². The summed E-state index contributed by atoms with van der Waals surface area (Å²) in [7, 11) is 3.49. The van der Waals surface area contributed by atoms with Crippen molar-refractivity contribution < 1.29 is 19.0 Å². The molecule has 5 rings (SSSR count). The van der Waals surface area contributed by atoms with Crippen molar-refractivity contribution in [1.82, 2.24) is 9.88 Å². The Balaban J connectivity index is 1.47. The van der Waals surface area contributed by atoms with E-state index >= 15 is 0 Å². The molecule has 6 nitrogen and oxygen atoms in total. The third-order valence-corrected chi connectivity index (χ3v) is 8.13. The number of fused-ring (bicyclic) bond motifs is 2. The fourth-order valence-corrected chi connectivity index (χ4v) is 6.25. The summed E-state index contributed by atoms with van der Waals surface area (Å²) in [6.45, 7) is 2.74. The van der Waals surface area contributed by atoms with E-state index in [0.29, 0.717) is 31.6 Å². The Labute approximate surface area is 208 Å². The largest absolute Gasteiger partial charge is 0.501 e. The molecule has 3 aliphatic rings. The average molecular weight is 479 g/mol. The maximum atomic E-state index is 13.8. The molecule has 1 aliphatic carbocycles. The van der Waals surface area contributed by atoms with Gasteiger partial charge in [-0.15, -0.1) is 0 Å². The predicted molar refractivity (Wildman–Crippen MR) is 137 cm³/mol. The number of amides is 1. The minimum Gasteiger partial charge on any atom is -0.501 e. The number of hydrogen-bond acceptors (Lipinski definition) is 4. The van der Waals surface area contributed by atoms with E-state index in [1.165, 1.54) is 22.0 Å². The van der Waals surface area contributed by atoms with Gasteiger partial charge in [0.1, 0.15) is 5.76 Å². The first-order chi connectivity index (χ1) is 17.2. The first-order valence-electron chi connectivity index (χ1n) is 13.1. The number of H-pyrrole nitrogens is 1. The molecule has 2 saturated heterocycles. The van der Waals surface area contributed by atoms with Gasteiger partial charge in [0.2, 0.25) is 5.91 Å². The van der Waals surface area contributed by atoms with Crippen molar-refractivity contribution in [3.8, 4) is 0 Å². The molecule has 2 fully saturated rings. The number of carbonyl (C=O) groups excluding carboxylic acids is 1. The standard InChI is InChI=1S/C29H38N2O4/c1-33-19-23-17-25-20(8-10-28(23)34-2)11-14-31(29(32)21-12-15-35-16-13-21)27(25)9-7-22-18-30-26-6-4-3-5-24(22)26/h3-6,17-18,20-21,27,30H,7-16,19H2,1-2H3. The van der Waals surface area contributed by atoms with E-state index in [1.807, 2.05) is 0 Å². The number of methoxy groups -OCH3 is 2. The second-order valence-corrected chi connectivity index (χ2v) is 10.1. The molecular weight excluding hydrogens is 440 g/mol. The number of benzene rings is 1. The van der Waals surface area contributed by atoms with Crippen molar-refractivity contribution >= 4 is 16.8 Å². The Bertz CT molecular complexity index is 1100. The summed E-state index contributed by atoms with van der Waals surface area (Å²) in [5, 5.41) is 1.28. The van der Waals surface area contributed by atoms with Crippen LogP contribution in [0.3, 0.4) is 0 Å². The quantitative estimate of drug-likeness (QED) is 0.608. The van der Waals surface area contributed by atoms with Crippen LogP contribution in [0.15, 0.2) is 53.4 Å². The molecule has 3 heterocycles. The van der Waals surface area contributed by atoms with Gasteiger partial charge in [0, 0.05) is 61.9 Å². The second kappa shape index (κ2) is 11.0. The summed E-state index contributed by atoms with van der Waals surface area (Å²) in [6.07, 6.45) is 10.9. The fraction of sp³-hybridized carbons (Fsp3) is 0.552. The van der Waals surface area contributed by atoms with Crippen molar-refractivity contribution in [2.75, 3.05) is 40.6 Å². The molecule has 1 aromatic carbocycles. The summed E-state index contributed by atoms with van der Waals surface area (Å²) in [6, 6.07) is 8.57. The lowest BCUT2D eigenvalue weighted by Crippen LogP contribution is -2.50. The van der Waals surface area contributed by atoms with Crippen molar-refractivity contribution in [3.05, 3.63) is 59.0 Å². The first kappa shape index (κ1) is 24.1. The summed E-state index contributed by atoms with van der Waals surface area (Å²) in [5.74, 6) is 1.88. The second-order valence-electron chi connectivity index (χ2n) is 10.1. The van der Waals surface area contributed by atoms with Crippen LogP contribution in [-0.2, 0) is 25.4 Å². The van der Waals surface area contributed by atoms with Crippen LogP contribution in [0.5, 0.6) is 0 Å². The van der Waals surface area contributed by atoms with Gasteiger partial charge in [0.25, 0.3) is 0 Å². The SMILES string of the molecule is COCC1=C(OC)CCC2CCN(C(=O)C3CCOCC3)C(CCc3c[nH]c4ccccc34)C2=C1. The summed E-state index contributed by atoms with van der Waals surface area (Å²) < 4.78 is 16.9. The molecular formula is C29H38N2O4. The number of hydrogen-bond donors (Lipinski definition) is 1.